The van der Waals surface area contributed by atoms with E-state index in [-0.39, 0.29) is 5.97 Å². The van der Waals surface area contributed by atoms with Crippen LogP contribution in [0.25, 0.3) is 0 Å². The maximum Gasteiger partial charge on any atom is 0.330 e. The average Bonchev–Trinajstić information content (AvgIpc) is 1.93. The van der Waals surface area contributed by atoms with Crippen LogP contribution in [-0.2, 0) is 9.53 Å². The van der Waals surface area contributed by atoms with Crippen molar-refractivity contribution in [2.45, 2.75) is 59.4 Å². The molecule has 0 bridgehead atoms. The molecule has 15 heavy (non-hydrogen) atoms. The number of carbonyl (C=O) groups excluding carboxylic acids is 1. The predicted molar refractivity (Wildman–Crippen MR) is 67.6 cm³/mol. The van der Waals surface area contributed by atoms with Crippen molar-refractivity contribution in [1.29, 1.82) is 0 Å². The minimum Gasteiger partial charge on any atom is -0.457 e. The first-order valence-electron chi connectivity index (χ1n) is 5.52. The molecule has 0 aliphatic carbocycles. The lowest BCUT2D eigenvalue weighted by atomic mass is 10.2. The molecule has 0 spiro atoms. The number of ether oxygens (including phenoxy) is 1. The summed E-state index contributed by atoms with van der Waals surface area (Å²) in [4.78, 5) is 11.9. The van der Waals surface area contributed by atoms with E-state index < -0.39 is 13.7 Å². The van der Waals surface area contributed by atoms with E-state index in [2.05, 4.69) is 19.6 Å². The van der Waals surface area contributed by atoms with Gasteiger partial charge in [0.05, 0.1) is 8.07 Å². The third-order valence-electron chi connectivity index (χ3n) is 1.84. The topological polar surface area (TPSA) is 26.3 Å². The first kappa shape index (κ1) is 14.4. The fraction of sp³-hybridized carbons (Fsp3) is 0.750. The second-order valence-electron chi connectivity index (χ2n) is 5.78. The summed E-state index contributed by atoms with van der Waals surface area (Å²) >= 11 is 0. The van der Waals surface area contributed by atoms with Gasteiger partial charge in [0, 0.05) is 5.20 Å². The number of hydrogen-bond donors (Lipinski definition) is 0. The maximum absolute atomic E-state index is 11.9. The van der Waals surface area contributed by atoms with E-state index in [1.165, 1.54) is 0 Å². The van der Waals surface area contributed by atoms with Gasteiger partial charge in [-0.3, -0.25) is 0 Å². The molecule has 0 aromatic heterocycles. The van der Waals surface area contributed by atoms with E-state index in [0.29, 0.717) is 0 Å². The Kier molecular flexibility index (Phi) is 4.78. The van der Waals surface area contributed by atoms with Gasteiger partial charge in [0.15, 0.2) is 0 Å². The van der Waals surface area contributed by atoms with Gasteiger partial charge in [0.2, 0.25) is 0 Å². The van der Waals surface area contributed by atoms with Crippen LogP contribution in [0.2, 0.25) is 19.6 Å². The molecule has 3 heteroatoms. The van der Waals surface area contributed by atoms with Gasteiger partial charge in [0.25, 0.3) is 0 Å². The number of carbonyl (C=O) groups is 1. The third-order valence-corrected chi connectivity index (χ3v) is 3.86. The molecule has 0 aromatic carbocycles. The van der Waals surface area contributed by atoms with Gasteiger partial charge in [-0.2, -0.15) is 0 Å². The number of hydrogen-bond acceptors (Lipinski definition) is 2. The Labute approximate surface area is 94.7 Å². The Morgan fingerprint density at radius 3 is 2.00 bits per heavy atom. The number of rotatable bonds is 3. The van der Waals surface area contributed by atoms with E-state index in [1.807, 2.05) is 33.8 Å². The van der Waals surface area contributed by atoms with Crippen LogP contribution in [0.1, 0.15) is 34.1 Å². The summed E-state index contributed by atoms with van der Waals surface area (Å²) in [7, 11) is -1.58. The smallest absolute Gasteiger partial charge is 0.330 e. The summed E-state index contributed by atoms with van der Waals surface area (Å²) in [6, 6.07) is 0. The fourth-order valence-corrected chi connectivity index (χ4v) is 2.71. The van der Waals surface area contributed by atoms with E-state index in [4.69, 9.17) is 4.74 Å². The Morgan fingerprint density at radius 2 is 1.73 bits per heavy atom. The summed E-state index contributed by atoms with van der Waals surface area (Å²) in [6.45, 7) is 14.2. The summed E-state index contributed by atoms with van der Waals surface area (Å²) in [5.74, 6) is -0.136. The van der Waals surface area contributed by atoms with Gasteiger partial charge in [0.1, 0.15) is 5.60 Å². The monoisotopic (exact) mass is 228 g/mol. The van der Waals surface area contributed by atoms with Gasteiger partial charge in [-0.15, -0.1) is 0 Å². The molecule has 2 nitrogen and oxygen atoms in total. The lowest BCUT2D eigenvalue weighted by molar-refractivity contribution is -0.149. The molecular formula is C12H24O2Si. The Balaban J connectivity index is 4.83. The van der Waals surface area contributed by atoms with E-state index in [9.17, 15) is 4.79 Å². The second kappa shape index (κ2) is 4.97. The van der Waals surface area contributed by atoms with Crippen LogP contribution in [-0.4, -0.2) is 19.6 Å². The lowest BCUT2D eigenvalue weighted by Gasteiger charge is -2.25. The van der Waals surface area contributed by atoms with Crippen LogP contribution in [0.5, 0.6) is 0 Å². The minimum atomic E-state index is -1.58. The van der Waals surface area contributed by atoms with Crippen molar-refractivity contribution in [3.8, 4) is 0 Å². The number of allylic oxidation sites excluding steroid dienone is 1. The zero-order valence-corrected chi connectivity index (χ0v) is 12.1. The van der Waals surface area contributed by atoms with Crippen molar-refractivity contribution in [1.82, 2.24) is 0 Å². The van der Waals surface area contributed by atoms with E-state index in [1.54, 1.807) is 0 Å². The quantitative estimate of drug-likeness (QED) is 0.419. The molecule has 0 N–H and O–H groups in total. The molecule has 0 aromatic rings. The van der Waals surface area contributed by atoms with Crippen molar-refractivity contribution in [2.75, 3.05) is 0 Å². The maximum atomic E-state index is 11.9. The van der Waals surface area contributed by atoms with E-state index >= 15 is 0 Å². The number of esters is 1. The summed E-state index contributed by atoms with van der Waals surface area (Å²) in [5, 5.41) is 0.903. The molecule has 0 aliphatic heterocycles. The van der Waals surface area contributed by atoms with Crippen LogP contribution in [0, 0.1) is 0 Å². The highest BCUT2D eigenvalue weighted by molar-refractivity contribution is 6.87. The zero-order chi connectivity index (χ0) is 12.3. The zero-order valence-electron chi connectivity index (χ0n) is 11.1. The van der Waals surface area contributed by atoms with Crippen molar-refractivity contribution >= 4 is 14.0 Å². The molecule has 0 heterocycles. The third kappa shape index (κ3) is 5.77. The van der Waals surface area contributed by atoms with Crippen molar-refractivity contribution < 1.29 is 9.53 Å². The molecule has 0 fully saturated rings. The Morgan fingerprint density at radius 1 is 1.27 bits per heavy atom. The van der Waals surface area contributed by atoms with Crippen LogP contribution >= 0.6 is 0 Å². The standard InChI is InChI=1S/C12H24O2Si/c1-8-9-10(15(5,6)7)11(13)14-12(2,3)4/h9H,8H2,1-7H3. The highest BCUT2D eigenvalue weighted by Gasteiger charge is 2.29. The summed E-state index contributed by atoms with van der Waals surface area (Å²) < 4.78 is 5.41. The molecule has 88 valence electrons. The SMILES string of the molecule is CCC=C(C(=O)OC(C)(C)C)[Si](C)(C)C. The van der Waals surface area contributed by atoms with Crippen molar-refractivity contribution in [3.05, 3.63) is 11.3 Å². The molecule has 0 saturated heterocycles. The fourth-order valence-electron chi connectivity index (χ4n) is 1.23. The molecule has 0 atom stereocenters. The van der Waals surface area contributed by atoms with Crippen molar-refractivity contribution in [3.63, 3.8) is 0 Å². The predicted octanol–water partition coefficient (Wildman–Crippen LogP) is 3.54. The van der Waals surface area contributed by atoms with Crippen LogP contribution in [0.4, 0.5) is 0 Å². The molecule has 0 rings (SSSR count). The normalized spacial score (nSPS) is 13.9. The second-order valence-corrected chi connectivity index (χ2v) is 10.8. The van der Waals surface area contributed by atoms with Crippen LogP contribution < -0.4 is 0 Å². The van der Waals surface area contributed by atoms with Gasteiger partial charge in [-0.05, 0) is 27.2 Å². The highest BCUT2D eigenvalue weighted by atomic mass is 28.3. The lowest BCUT2D eigenvalue weighted by Crippen LogP contribution is -2.34. The molecule has 0 unspecified atom stereocenters. The molecule has 0 amide bonds. The largest absolute Gasteiger partial charge is 0.457 e. The Hall–Kier alpha value is -0.573. The van der Waals surface area contributed by atoms with Gasteiger partial charge < -0.3 is 4.74 Å². The summed E-state index contributed by atoms with van der Waals surface area (Å²) in [5.41, 5.74) is -0.399. The van der Waals surface area contributed by atoms with Gasteiger partial charge >= 0.3 is 5.97 Å². The first-order valence-corrected chi connectivity index (χ1v) is 9.02. The average molecular weight is 228 g/mol. The molecular weight excluding hydrogens is 204 g/mol. The highest BCUT2D eigenvalue weighted by Crippen LogP contribution is 2.20. The summed E-state index contributed by atoms with van der Waals surface area (Å²) in [6.07, 6.45) is 2.90. The molecule has 0 radical (unpaired) electrons. The molecule has 0 saturated carbocycles. The first-order chi connectivity index (χ1) is 6.58. The van der Waals surface area contributed by atoms with E-state index in [0.717, 1.165) is 11.6 Å². The van der Waals surface area contributed by atoms with Gasteiger partial charge in [-0.1, -0.05) is 32.6 Å². The minimum absolute atomic E-state index is 0.136. The van der Waals surface area contributed by atoms with Crippen molar-refractivity contribution in [2.24, 2.45) is 0 Å². The van der Waals surface area contributed by atoms with Gasteiger partial charge in [-0.25, -0.2) is 4.79 Å². The van der Waals surface area contributed by atoms with Crippen LogP contribution in [0.3, 0.4) is 0 Å². The molecule has 0 aliphatic rings. The Bertz CT molecular complexity index is 254. The van der Waals surface area contributed by atoms with Crippen LogP contribution in [0.15, 0.2) is 11.3 Å².